The van der Waals surface area contributed by atoms with Crippen LogP contribution in [-0.2, 0) is 0 Å². The van der Waals surface area contributed by atoms with Gasteiger partial charge in [0.2, 0.25) is 0 Å². The summed E-state index contributed by atoms with van der Waals surface area (Å²) in [4.78, 5) is 11.2. The van der Waals surface area contributed by atoms with Crippen LogP contribution in [0.25, 0.3) is 6.08 Å². The number of hydrogen-bond donors (Lipinski definition) is 0. The molecule has 0 aromatic heterocycles. The molecule has 1 aromatic rings. The molecule has 0 bridgehead atoms. The second-order valence-corrected chi connectivity index (χ2v) is 3.47. The molecule has 76 valence electrons. The molecule has 0 amide bonds. The Hall–Kier alpha value is -1.59. The maximum Gasteiger partial charge on any atom is 0.161 e. The molecule has 0 spiro atoms. The lowest BCUT2D eigenvalue weighted by Gasteiger charge is -2.00. The van der Waals surface area contributed by atoms with Gasteiger partial charge in [0.05, 0.1) is 17.5 Å². The number of halogens is 1. The topological polar surface area (TPSA) is 40.9 Å². The van der Waals surface area contributed by atoms with Crippen LogP contribution in [-0.4, -0.2) is 5.78 Å². The van der Waals surface area contributed by atoms with E-state index in [4.69, 9.17) is 16.9 Å². The molecule has 1 aromatic carbocycles. The first-order valence-electron chi connectivity index (χ1n) is 4.49. The summed E-state index contributed by atoms with van der Waals surface area (Å²) < 4.78 is 0. The number of Topliss-reactive ketones (excluding diaryl/α,β-unsaturated/α-hetero) is 1. The van der Waals surface area contributed by atoms with E-state index in [1.165, 1.54) is 6.92 Å². The third-order valence-corrected chi connectivity index (χ3v) is 2.22. The number of allylic oxidation sites excluding steroid dienone is 1. The highest BCUT2D eigenvalue weighted by Crippen LogP contribution is 2.18. The van der Waals surface area contributed by atoms with Crippen molar-refractivity contribution in [2.24, 2.45) is 0 Å². The van der Waals surface area contributed by atoms with E-state index in [1.54, 1.807) is 24.3 Å². The fourth-order valence-corrected chi connectivity index (χ4v) is 1.41. The number of ketones is 1. The maximum atomic E-state index is 11.2. The highest BCUT2D eigenvalue weighted by molar-refractivity contribution is 6.33. The van der Waals surface area contributed by atoms with E-state index in [-0.39, 0.29) is 5.78 Å². The SMILES string of the molecule is CC(=O)c1cc(C=CCC#N)ccc1Cl. The summed E-state index contributed by atoms with van der Waals surface area (Å²) in [6.45, 7) is 1.48. The second-order valence-electron chi connectivity index (χ2n) is 3.06. The highest BCUT2D eigenvalue weighted by atomic mass is 35.5. The zero-order valence-corrected chi connectivity index (χ0v) is 9.08. The van der Waals surface area contributed by atoms with Crippen LogP contribution in [0.4, 0.5) is 0 Å². The molecule has 0 aliphatic carbocycles. The zero-order valence-electron chi connectivity index (χ0n) is 8.33. The molecule has 0 aliphatic rings. The molecular weight excluding hydrogens is 210 g/mol. The van der Waals surface area contributed by atoms with Crippen molar-refractivity contribution in [2.75, 3.05) is 0 Å². The predicted octanol–water partition coefficient (Wildman–Crippen LogP) is 3.47. The summed E-state index contributed by atoms with van der Waals surface area (Å²) in [5.74, 6) is -0.0597. The van der Waals surface area contributed by atoms with Crippen molar-refractivity contribution in [3.8, 4) is 6.07 Å². The fourth-order valence-electron chi connectivity index (χ4n) is 1.16. The van der Waals surface area contributed by atoms with Gasteiger partial charge in [0.1, 0.15) is 0 Å². The third-order valence-electron chi connectivity index (χ3n) is 1.89. The number of nitriles is 1. The van der Waals surface area contributed by atoms with Crippen LogP contribution in [0, 0.1) is 11.3 Å². The fraction of sp³-hybridized carbons (Fsp3) is 0.167. The monoisotopic (exact) mass is 219 g/mol. The Balaban J connectivity index is 2.98. The smallest absolute Gasteiger partial charge is 0.161 e. The number of hydrogen-bond acceptors (Lipinski definition) is 2. The van der Waals surface area contributed by atoms with E-state index in [0.717, 1.165) is 5.56 Å². The lowest BCUT2D eigenvalue weighted by Crippen LogP contribution is -1.93. The zero-order chi connectivity index (χ0) is 11.3. The highest BCUT2D eigenvalue weighted by Gasteiger charge is 2.04. The quantitative estimate of drug-likeness (QED) is 0.731. The molecule has 15 heavy (non-hydrogen) atoms. The molecule has 0 radical (unpaired) electrons. The molecule has 0 fully saturated rings. The number of benzene rings is 1. The Morgan fingerprint density at radius 1 is 1.60 bits per heavy atom. The van der Waals surface area contributed by atoms with Gasteiger partial charge in [-0.05, 0) is 24.6 Å². The number of nitrogens with zero attached hydrogens (tertiary/aromatic N) is 1. The Labute approximate surface area is 93.8 Å². The van der Waals surface area contributed by atoms with Gasteiger partial charge in [0, 0.05) is 5.56 Å². The molecule has 2 nitrogen and oxygen atoms in total. The second kappa shape index (κ2) is 5.33. The minimum absolute atomic E-state index is 0.0597. The average Bonchev–Trinajstić information content (AvgIpc) is 2.20. The van der Waals surface area contributed by atoms with Crippen molar-refractivity contribution in [1.29, 1.82) is 5.26 Å². The molecule has 0 atom stereocenters. The van der Waals surface area contributed by atoms with Crippen LogP contribution in [0.2, 0.25) is 5.02 Å². The van der Waals surface area contributed by atoms with Gasteiger partial charge in [-0.3, -0.25) is 4.79 Å². The molecule has 1 rings (SSSR count). The van der Waals surface area contributed by atoms with Crippen LogP contribution in [0.3, 0.4) is 0 Å². The van der Waals surface area contributed by atoms with Gasteiger partial charge < -0.3 is 0 Å². The van der Waals surface area contributed by atoms with Crippen molar-refractivity contribution in [2.45, 2.75) is 13.3 Å². The minimum atomic E-state index is -0.0597. The van der Waals surface area contributed by atoms with Crippen molar-refractivity contribution < 1.29 is 4.79 Å². The summed E-state index contributed by atoms with van der Waals surface area (Å²) in [6, 6.07) is 7.22. The Morgan fingerprint density at radius 2 is 2.33 bits per heavy atom. The predicted molar refractivity (Wildman–Crippen MR) is 60.7 cm³/mol. The summed E-state index contributed by atoms with van der Waals surface area (Å²) in [6.07, 6.45) is 3.90. The van der Waals surface area contributed by atoms with E-state index in [1.807, 2.05) is 12.1 Å². The summed E-state index contributed by atoms with van der Waals surface area (Å²) >= 11 is 5.86. The van der Waals surface area contributed by atoms with Crippen LogP contribution >= 0.6 is 11.6 Å². The first kappa shape index (κ1) is 11.5. The number of rotatable bonds is 3. The van der Waals surface area contributed by atoms with Gasteiger partial charge >= 0.3 is 0 Å². The molecule has 0 aliphatic heterocycles. The van der Waals surface area contributed by atoms with Gasteiger partial charge in [-0.1, -0.05) is 29.8 Å². The van der Waals surface area contributed by atoms with E-state index in [2.05, 4.69) is 0 Å². The van der Waals surface area contributed by atoms with Gasteiger partial charge in [-0.2, -0.15) is 5.26 Å². The van der Waals surface area contributed by atoms with E-state index < -0.39 is 0 Å². The van der Waals surface area contributed by atoms with Crippen LogP contribution < -0.4 is 0 Å². The molecular formula is C12H10ClNO. The van der Waals surface area contributed by atoms with Crippen molar-refractivity contribution in [1.82, 2.24) is 0 Å². The molecule has 0 saturated heterocycles. The summed E-state index contributed by atoms with van der Waals surface area (Å²) in [7, 11) is 0. The van der Waals surface area contributed by atoms with E-state index in [0.29, 0.717) is 17.0 Å². The normalized spacial score (nSPS) is 10.2. The largest absolute Gasteiger partial charge is 0.294 e. The lowest BCUT2D eigenvalue weighted by atomic mass is 10.1. The first-order valence-corrected chi connectivity index (χ1v) is 4.87. The molecule has 0 unspecified atom stereocenters. The first-order chi connectivity index (χ1) is 7.15. The van der Waals surface area contributed by atoms with Gasteiger partial charge in [0.15, 0.2) is 5.78 Å². The van der Waals surface area contributed by atoms with Crippen molar-refractivity contribution in [3.63, 3.8) is 0 Å². The van der Waals surface area contributed by atoms with Gasteiger partial charge in [0.25, 0.3) is 0 Å². The molecule has 0 saturated carbocycles. The Bertz CT molecular complexity index is 443. The summed E-state index contributed by atoms with van der Waals surface area (Å²) in [5, 5.41) is 8.81. The number of carbonyl (C=O) groups is 1. The van der Waals surface area contributed by atoms with Crippen LogP contribution in [0.15, 0.2) is 24.3 Å². The standard InChI is InChI=1S/C12H10ClNO/c1-9(15)11-8-10(4-2-3-7-14)5-6-12(11)13/h2,4-6,8H,3H2,1H3. The summed E-state index contributed by atoms with van der Waals surface area (Å²) in [5.41, 5.74) is 1.38. The Kier molecular flexibility index (Phi) is 4.08. The van der Waals surface area contributed by atoms with Gasteiger partial charge in [-0.15, -0.1) is 0 Å². The van der Waals surface area contributed by atoms with E-state index >= 15 is 0 Å². The molecule has 3 heteroatoms. The molecule has 0 heterocycles. The van der Waals surface area contributed by atoms with Crippen molar-refractivity contribution >= 4 is 23.5 Å². The van der Waals surface area contributed by atoms with Crippen LogP contribution in [0.5, 0.6) is 0 Å². The van der Waals surface area contributed by atoms with Crippen LogP contribution in [0.1, 0.15) is 29.3 Å². The minimum Gasteiger partial charge on any atom is -0.294 e. The van der Waals surface area contributed by atoms with Crippen molar-refractivity contribution in [3.05, 3.63) is 40.4 Å². The van der Waals surface area contributed by atoms with E-state index in [9.17, 15) is 4.79 Å². The lowest BCUT2D eigenvalue weighted by molar-refractivity contribution is 0.101. The maximum absolute atomic E-state index is 11.2. The van der Waals surface area contributed by atoms with Gasteiger partial charge in [-0.25, -0.2) is 0 Å². The average molecular weight is 220 g/mol. The third kappa shape index (κ3) is 3.23. The Morgan fingerprint density at radius 3 is 2.93 bits per heavy atom. The molecule has 0 N–H and O–H groups in total. The number of carbonyl (C=O) groups excluding carboxylic acids is 1.